The van der Waals surface area contributed by atoms with Gasteiger partial charge in [-0.2, -0.15) is 15.9 Å². The zero-order valence-corrected chi connectivity index (χ0v) is 16.5. The van der Waals surface area contributed by atoms with Crippen molar-refractivity contribution in [3.8, 4) is 11.4 Å². The highest BCUT2D eigenvalue weighted by Crippen LogP contribution is 2.25. The van der Waals surface area contributed by atoms with E-state index < -0.39 is 0 Å². The number of hydrogen-bond donors (Lipinski definition) is 1. The fraction of sp³-hybridized carbons (Fsp3) is 0.238. The maximum atomic E-state index is 12.6. The van der Waals surface area contributed by atoms with Crippen LogP contribution in [0.1, 0.15) is 12.8 Å². The molecule has 0 aliphatic carbocycles. The van der Waals surface area contributed by atoms with E-state index in [0.717, 1.165) is 54.5 Å². The SMILES string of the molecule is O=C(Nc1ccccc1)C1CCN(c2ccc3nnc(-c4ccsc4)n3n2)CC1. The molecule has 1 saturated heterocycles. The fourth-order valence-electron chi connectivity index (χ4n) is 3.66. The Kier molecular flexibility index (Phi) is 4.69. The normalized spacial score (nSPS) is 15.0. The van der Waals surface area contributed by atoms with Crippen LogP contribution in [0.2, 0.25) is 0 Å². The third kappa shape index (κ3) is 3.58. The Balaban J connectivity index is 1.29. The zero-order valence-electron chi connectivity index (χ0n) is 15.7. The Morgan fingerprint density at radius 1 is 1.03 bits per heavy atom. The van der Waals surface area contributed by atoms with Gasteiger partial charge in [-0.25, -0.2) is 0 Å². The number of nitrogens with one attached hydrogen (secondary N) is 1. The lowest BCUT2D eigenvalue weighted by Gasteiger charge is -2.32. The quantitative estimate of drug-likeness (QED) is 0.561. The van der Waals surface area contributed by atoms with E-state index in [9.17, 15) is 4.79 Å². The van der Waals surface area contributed by atoms with E-state index in [1.54, 1.807) is 15.9 Å². The van der Waals surface area contributed by atoms with Crippen molar-refractivity contribution in [3.63, 3.8) is 0 Å². The van der Waals surface area contributed by atoms with Crippen LogP contribution >= 0.6 is 11.3 Å². The van der Waals surface area contributed by atoms with Crippen molar-refractivity contribution in [2.24, 2.45) is 5.92 Å². The van der Waals surface area contributed by atoms with Gasteiger partial charge in [-0.15, -0.1) is 15.3 Å². The first-order chi connectivity index (χ1) is 14.3. The second kappa shape index (κ2) is 7.63. The van der Waals surface area contributed by atoms with Gasteiger partial charge in [0.05, 0.1) is 0 Å². The monoisotopic (exact) mass is 404 g/mol. The number of rotatable bonds is 4. The Bertz CT molecular complexity index is 1120. The van der Waals surface area contributed by atoms with E-state index in [4.69, 9.17) is 5.10 Å². The first-order valence-corrected chi connectivity index (χ1v) is 10.6. The van der Waals surface area contributed by atoms with Gasteiger partial charge in [-0.3, -0.25) is 4.79 Å². The molecule has 4 heterocycles. The van der Waals surface area contributed by atoms with Gasteiger partial charge >= 0.3 is 0 Å². The molecule has 7 nitrogen and oxygen atoms in total. The lowest BCUT2D eigenvalue weighted by Crippen LogP contribution is -2.38. The van der Waals surface area contributed by atoms with Gasteiger partial charge < -0.3 is 10.2 Å². The van der Waals surface area contributed by atoms with Crippen LogP contribution in [-0.2, 0) is 4.79 Å². The molecule has 4 aromatic rings. The highest BCUT2D eigenvalue weighted by molar-refractivity contribution is 7.08. The lowest BCUT2D eigenvalue weighted by atomic mass is 9.96. The predicted molar refractivity (Wildman–Crippen MR) is 114 cm³/mol. The van der Waals surface area contributed by atoms with Crippen LogP contribution in [0.5, 0.6) is 0 Å². The minimum Gasteiger partial charge on any atom is -0.355 e. The summed E-state index contributed by atoms with van der Waals surface area (Å²) in [7, 11) is 0. The van der Waals surface area contributed by atoms with Crippen molar-refractivity contribution in [1.82, 2.24) is 19.8 Å². The molecule has 0 unspecified atom stereocenters. The zero-order chi connectivity index (χ0) is 19.6. The van der Waals surface area contributed by atoms with Gasteiger partial charge in [0, 0.05) is 35.6 Å². The van der Waals surface area contributed by atoms with Crippen molar-refractivity contribution in [2.75, 3.05) is 23.3 Å². The molecule has 5 rings (SSSR count). The summed E-state index contributed by atoms with van der Waals surface area (Å²) >= 11 is 1.62. The van der Waals surface area contributed by atoms with Crippen LogP contribution in [0, 0.1) is 5.92 Å². The van der Waals surface area contributed by atoms with E-state index >= 15 is 0 Å². The molecule has 8 heteroatoms. The van der Waals surface area contributed by atoms with Crippen molar-refractivity contribution in [2.45, 2.75) is 12.8 Å². The Labute approximate surface area is 172 Å². The first kappa shape index (κ1) is 17.8. The molecule has 0 saturated carbocycles. The molecule has 0 radical (unpaired) electrons. The number of hydrogen-bond acceptors (Lipinski definition) is 6. The van der Waals surface area contributed by atoms with Crippen molar-refractivity contribution < 1.29 is 4.79 Å². The Hall–Kier alpha value is -3.26. The Morgan fingerprint density at radius 2 is 1.86 bits per heavy atom. The average Bonchev–Trinajstić information content (AvgIpc) is 3.44. The fourth-order valence-corrected chi connectivity index (χ4v) is 4.29. The number of thiophene rings is 1. The summed E-state index contributed by atoms with van der Waals surface area (Å²) in [6.07, 6.45) is 1.61. The van der Waals surface area contributed by atoms with E-state index in [-0.39, 0.29) is 11.8 Å². The molecule has 1 aliphatic rings. The van der Waals surface area contributed by atoms with Gasteiger partial charge in [0.2, 0.25) is 5.91 Å². The third-order valence-electron chi connectivity index (χ3n) is 5.26. The van der Waals surface area contributed by atoms with Crippen LogP contribution in [0.25, 0.3) is 17.0 Å². The maximum Gasteiger partial charge on any atom is 0.227 e. The largest absolute Gasteiger partial charge is 0.355 e. The minimum absolute atomic E-state index is 0.0199. The van der Waals surface area contributed by atoms with E-state index in [1.807, 2.05) is 59.3 Å². The highest BCUT2D eigenvalue weighted by Gasteiger charge is 2.26. The lowest BCUT2D eigenvalue weighted by molar-refractivity contribution is -0.120. The molecule has 0 atom stereocenters. The number of benzene rings is 1. The number of anilines is 2. The first-order valence-electron chi connectivity index (χ1n) is 9.64. The summed E-state index contributed by atoms with van der Waals surface area (Å²) in [6, 6.07) is 15.6. The van der Waals surface area contributed by atoms with Crippen LogP contribution < -0.4 is 10.2 Å². The molecule has 1 amide bonds. The highest BCUT2D eigenvalue weighted by atomic mass is 32.1. The molecule has 146 valence electrons. The summed E-state index contributed by atoms with van der Waals surface area (Å²) in [4.78, 5) is 14.8. The second-order valence-corrected chi connectivity index (χ2v) is 7.89. The van der Waals surface area contributed by atoms with Crippen molar-refractivity contribution in [3.05, 3.63) is 59.3 Å². The molecule has 1 aromatic carbocycles. The van der Waals surface area contributed by atoms with Crippen molar-refractivity contribution in [1.29, 1.82) is 0 Å². The summed E-state index contributed by atoms with van der Waals surface area (Å²) in [5.41, 5.74) is 2.59. The smallest absolute Gasteiger partial charge is 0.227 e. The molecule has 3 aromatic heterocycles. The molecular formula is C21H20N6OS. The number of nitrogens with zero attached hydrogens (tertiary/aromatic N) is 5. The number of carbonyl (C=O) groups is 1. The van der Waals surface area contributed by atoms with Crippen LogP contribution in [0.15, 0.2) is 59.3 Å². The minimum atomic E-state index is 0.0199. The maximum absolute atomic E-state index is 12.6. The molecule has 0 spiro atoms. The molecule has 0 bridgehead atoms. The number of carbonyl (C=O) groups excluding carboxylic acids is 1. The average molecular weight is 404 g/mol. The van der Waals surface area contributed by atoms with E-state index in [0.29, 0.717) is 0 Å². The number of piperidine rings is 1. The van der Waals surface area contributed by atoms with Crippen LogP contribution in [-0.4, -0.2) is 38.8 Å². The van der Waals surface area contributed by atoms with Gasteiger partial charge in [0.15, 0.2) is 11.5 Å². The molecule has 1 fully saturated rings. The molecule has 29 heavy (non-hydrogen) atoms. The summed E-state index contributed by atoms with van der Waals surface area (Å²) < 4.78 is 1.80. The molecular weight excluding hydrogens is 384 g/mol. The third-order valence-corrected chi connectivity index (χ3v) is 5.94. The summed E-state index contributed by atoms with van der Waals surface area (Å²) in [5.74, 6) is 1.75. The number of fused-ring (bicyclic) bond motifs is 1. The van der Waals surface area contributed by atoms with Gasteiger partial charge in [-0.1, -0.05) is 18.2 Å². The molecule has 1 N–H and O–H groups in total. The summed E-state index contributed by atoms with van der Waals surface area (Å²) in [6.45, 7) is 1.59. The van der Waals surface area contributed by atoms with E-state index in [2.05, 4.69) is 20.4 Å². The second-order valence-electron chi connectivity index (χ2n) is 7.11. The van der Waals surface area contributed by atoms with Gasteiger partial charge in [-0.05, 0) is 48.6 Å². The number of aromatic nitrogens is 4. The standard InChI is InChI=1S/C21H20N6OS/c28-21(22-17-4-2-1-3-5-17)15-8-11-26(12-9-15)19-7-6-18-23-24-20(27(18)25-19)16-10-13-29-14-16/h1-7,10,13-15H,8-9,11-12H2,(H,22,28). The molecule has 1 aliphatic heterocycles. The number of para-hydroxylation sites is 1. The van der Waals surface area contributed by atoms with Gasteiger partial charge in [0.25, 0.3) is 0 Å². The topological polar surface area (TPSA) is 75.4 Å². The van der Waals surface area contributed by atoms with Crippen LogP contribution in [0.3, 0.4) is 0 Å². The number of amides is 1. The van der Waals surface area contributed by atoms with Crippen LogP contribution in [0.4, 0.5) is 11.5 Å². The predicted octanol–water partition coefficient (Wildman–Crippen LogP) is 3.71. The Morgan fingerprint density at radius 3 is 2.62 bits per heavy atom. The summed E-state index contributed by atoms with van der Waals surface area (Å²) in [5, 5.41) is 20.4. The van der Waals surface area contributed by atoms with Crippen molar-refractivity contribution >= 4 is 34.4 Å². The van der Waals surface area contributed by atoms with Gasteiger partial charge in [0.1, 0.15) is 5.82 Å². The van der Waals surface area contributed by atoms with E-state index in [1.165, 1.54) is 0 Å².